The first-order valence-electron chi connectivity index (χ1n) is 5.15. The Balaban J connectivity index is 2.08. The average molecular weight is 324 g/mol. The van der Waals surface area contributed by atoms with Crippen molar-refractivity contribution in [2.24, 2.45) is 0 Å². The Morgan fingerprint density at radius 2 is 1.94 bits per heavy atom. The summed E-state index contributed by atoms with van der Waals surface area (Å²) in [5.74, 6) is 0. The van der Waals surface area contributed by atoms with Crippen LogP contribution < -0.4 is 5.32 Å². The topological polar surface area (TPSA) is 24.9 Å². The molecule has 1 heterocycles. The van der Waals surface area contributed by atoms with Crippen molar-refractivity contribution >= 4 is 28.3 Å². The molecule has 0 bridgehead atoms. The van der Waals surface area contributed by atoms with Gasteiger partial charge >= 0.3 is 0 Å². The third-order valence-electron chi connectivity index (χ3n) is 2.50. The molecule has 0 saturated carbocycles. The van der Waals surface area contributed by atoms with Crippen LogP contribution in [-0.2, 0) is 6.54 Å². The minimum atomic E-state index is 0.837. The molecule has 82 valence electrons. The second kappa shape index (κ2) is 5.30. The van der Waals surface area contributed by atoms with Crippen LogP contribution in [-0.4, -0.2) is 4.98 Å². The molecule has 0 fully saturated rings. The van der Waals surface area contributed by atoms with Gasteiger partial charge in [-0.2, -0.15) is 0 Å². The summed E-state index contributed by atoms with van der Waals surface area (Å²) in [5.41, 5.74) is 3.74. The van der Waals surface area contributed by atoms with E-state index in [1.54, 1.807) is 0 Å². The number of pyridine rings is 1. The summed E-state index contributed by atoms with van der Waals surface area (Å²) >= 11 is 2.35. The van der Waals surface area contributed by atoms with Crippen molar-refractivity contribution in [3.8, 4) is 0 Å². The average Bonchev–Trinajstić information content (AvgIpc) is 2.32. The highest BCUT2D eigenvalue weighted by molar-refractivity contribution is 14.1. The molecule has 0 atom stereocenters. The fraction of sp³-hybridized carbons (Fsp3) is 0.154. The third-order valence-corrected chi connectivity index (χ3v) is 3.67. The van der Waals surface area contributed by atoms with E-state index in [-0.39, 0.29) is 0 Å². The smallest absolute Gasteiger partial charge is 0.0402 e. The summed E-state index contributed by atoms with van der Waals surface area (Å²) in [7, 11) is 0. The molecule has 2 rings (SSSR count). The lowest BCUT2D eigenvalue weighted by atomic mass is 10.2. The first-order chi connectivity index (χ1) is 7.77. The van der Waals surface area contributed by atoms with Crippen molar-refractivity contribution in [3.63, 3.8) is 0 Å². The van der Waals surface area contributed by atoms with Crippen molar-refractivity contribution in [1.82, 2.24) is 4.98 Å². The number of anilines is 1. The molecule has 0 saturated heterocycles. The summed E-state index contributed by atoms with van der Waals surface area (Å²) < 4.78 is 1.29. The van der Waals surface area contributed by atoms with E-state index in [0.717, 1.165) is 6.54 Å². The second-order valence-corrected chi connectivity index (χ2v) is 4.78. The van der Waals surface area contributed by atoms with Crippen molar-refractivity contribution in [2.75, 3.05) is 5.32 Å². The fourth-order valence-corrected chi connectivity index (χ4v) is 2.00. The number of nitrogens with zero attached hydrogens (tertiary/aromatic N) is 1. The lowest BCUT2D eigenvalue weighted by molar-refractivity contribution is 1.12. The van der Waals surface area contributed by atoms with Crippen molar-refractivity contribution in [1.29, 1.82) is 0 Å². The lowest BCUT2D eigenvalue weighted by Gasteiger charge is -2.10. The van der Waals surface area contributed by atoms with Gasteiger partial charge in [-0.3, -0.25) is 4.98 Å². The second-order valence-electron chi connectivity index (χ2n) is 3.62. The molecule has 0 aliphatic carbocycles. The maximum atomic E-state index is 4.00. The predicted octanol–water partition coefficient (Wildman–Crippen LogP) is 3.61. The van der Waals surface area contributed by atoms with Crippen LogP contribution >= 0.6 is 22.6 Å². The molecule has 0 unspecified atom stereocenters. The van der Waals surface area contributed by atoms with E-state index in [4.69, 9.17) is 0 Å². The SMILES string of the molecule is Cc1c(I)cccc1NCc1ccncc1. The first kappa shape index (κ1) is 11.4. The molecule has 3 heteroatoms. The summed E-state index contributed by atoms with van der Waals surface area (Å²) in [6, 6.07) is 10.3. The van der Waals surface area contributed by atoms with E-state index in [1.807, 2.05) is 24.5 Å². The highest BCUT2D eigenvalue weighted by Gasteiger charge is 2.00. The zero-order chi connectivity index (χ0) is 11.4. The standard InChI is InChI=1S/C13H13IN2/c1-10-12(14)3-2-4-13(10)16-9-11-5-7-15-8-6-11/h2-8,16H,9H2,1H3. The van der Waals surface area contributed by atoms with Crippen LogP contribution in [0.4, 0.5) is 5.69 Å². The molecule has 2 nitrogen and oxygen atoms in total. The van der Waals surface area contributed by atoms with Gasteiger partial charge in [-0.1, -0.05) is 6.07 Å². The largest absolute Gasteiger partial charge is 0.381 e. The highest BCUT2D eigenvalue weighted by atomic mass is 127. The molecule has 0 spiro atoms. The van der Waals surface area contributed by atoms with E-state index in [1.165, 1.54) is 20.4 Å². The lowest BCUT2D eigenvalue weighted by Crippen LogP contribution is -2.01. The number of hydrogen-bond donors (Lipinski definition) is 1. The van der Waals surface area contributed by atoms with Crippen LogP contribution in [0.25, 0.3) is 0 Å². The Hall–Kier alpha value is -1.10. The van der Waals surface area contributed by atoms with Gasteiger partial charge in [-0.05, 0) is 64.9 Å². The highest BCUT2D eigenvalue weighted by Crippen LogP contribution is 2.20. The van der Waals surface area contributed by atoms with Gasteiger partial charge in [-0.25, -0.2) is 0 Å². The van der Waals surface area contributed by atoms with E-state index in [9.17, 15) is 0 Å². The Bertz CT molecular complexity index is 469. The Labute approximate surface area is 109 Å². The van der Waals surface area contributed by atoms with Crippen LogP contribution in [0.1, 0.15) is 11.1 Å². The van der Waals surface area contributed by atoms with E-state index in [0.29, 0.717) is 0 Å². The van der Waals surface area contributed by atoms with E-state index in [2.05, 4.69) is 58.0 Å². The number of aromatic nitrogens is 1. The van der Waals surface area contributed by atoms with Crippen molar-refractivity contribution in [3.05, 3.63) is 57.4 Å². The number of hydrogen-bond acceptors (Lipinski definition) is 2. The minimum Gasteiger partial charge on any atom is -0.381 e. The fourth-order valence-electron chi connectivity index (χ4n) is 1.50. The molecule has 1 aromatic carbocycles. The summed E-state index contributed by atoms with van der Waals surface area (Å²) in [6.45, 7) is 2.97. The molecular weight excluding hydrogens is 311 g/mol. The number of benzene rings is 1. The zero-order valence-electron chi connectivity index (χ0n) is 9.07. The molecule has 0 aliphatic rings. The van der Waals surface area contributed by atoms with Crippen molar-refractivity contribution < 1.29 is 0 Å². The van der Waals surface area contributed by atoms with Crippen LogP contribution in [0.3, 0.4) is 0 Å². The van der Waals surface area contributed by atoms with Crippen LogP contribution in [0.15, 0.2) is 42.7 Å². The summed E-state index contributed by atoms with van der Waals surface area (Å²) in [5, 5.41) is 3.44. The first-order valence-corrected chi connectivity index (χ1v) is 6.23. The summed E-state index contributed by atoms with van der Waals surface area (Å²) in [6.07, 6.45) is 3.64. The van der Waals surface area contributed by atoms with Crippen LogP contribution in [0.2, 0.25) is 0 Å². The Morgan fingerprint density at radius 1 is 1.19 bits per heavy atom. The molecule has 0 radical (unpaired) electrons. The maximum Gasteiger partial charge on any atom is 0.0402 e. The molecule has 1 aromatic heterocycles. The Kier molecular flexibility index (Phi) is 3.77. The van der Waals surface area contributed by atoms with Gasteiger partial charge in [0.05, 0.1) is 0 Å². The van der Waals surface area contributed by atoms with Gasteiger partial charge in [0.2, 0.25) is 0 Å². The number of rotatable bonds is 3. The zero-order valence-corrected chi connectivity index (χ0v) is 11.2. The predicted molar refractivity (Wildman–Crippen MR) is 75.5 cm³/mol. The van der Waals surface area contributed by atoms with Gasteiger partial charge in [0.1, 0.15) is 0 Å². The normalized spacial score (nSPS) is 10.1. The maximum absolute atomic E-state index is 4.00. The molecular formula is C13H13IN2. The molecule has 0 aliphatic heterocycles. The van der Waals surface area contributed by atoms with Crippen molar-refractivity contribution in [2.45, 2.75) is 13.5 Å². The van der Waals surface area contributed by atoms with Crippen LogP contribution in [0.5, 0.6) is 0 Å². The number of nitrogens with one attached hydrogen (secondary N) is 1. The van der Waals surface area contributed by atoms with Gasteiger partial charge < -0.3 is 5.32 Å². The molecule has 16 heavy (non-hydrogen) atoms. The van der Waals surface area contributed by atoms with Gasteiger partial charge in [0, 0.05) is 28.2 Å². The van der Waals surface area contributed by atoms with E-state index >= 15 is 0 Å². The molecule has 0 amide bonds. The third kappa shape index (κ3) is 2.72. The van der Waals surface area contributed by atoms with Crippen LogP contribution in [0, 0.1) is 10.5 Å². The van der Waals surface area contributed by atoms with Gasteiger partial charge in [0.25, 0.3) is 0 Å². The van der Waals surface area contributed by atoms with Gasteiger partial charge in [0.15, 0.2) is 0 Å². The summed E-state index contributed by atoms with van der Waals surface area (Å²) in [4.78, 5) is 4.00. The Morgan fingerprint density at radius 3 is 2.69 bits per heavy atom. The van der Waals surface area contributed by atoms with Gasteiger partial charge in [-0.15, -0.1) is 0 Å². The molecule has 1 N–H and O–H groups in total. The minimum absolute atomic E-state index is 0.837. The van der Waals surface area contributed by atoms with E-state index < -0.39 is 0 Å². The quantitative estimate of drug-likeness (QED) is 0.873. The molecule has 2 aromatic rings. The number of halogens is 1. The monoisotopic (exact) mass is 324 g/mol.